The first-order valence-electron chi connectivity index (χ1n) is 6.13. The lowest BCUT2D eigenvalue weighted by Crippen LogP contribution is -2.44. The number of aliphatic imine (C=N–C) groups is 1. The predicted octanol–water partition coefficient (Wildman–Crippen LogP) is 1.29. The van der Waals surface area contributed by atoms with Crippen molar-refractivity contribution < 1.29 is 4.79 Å². The summed E-state index contributed by atoms with van der Waals surface area (Å²) >= 11 is 0. The number of hydrogen-bond acceptors (Lipinski definition) is 2. The molecule has 1 amide bonds. The number of hydrogen-bond donors (Lipinski definition) is 2. The highest BCUT2D eigenvalue weighted by atomic mass is 127. The van der Waals surface area contributed by atoms with Gasteiger partial charge in [0.15, 0.2) is 5.96 Å². The summed E-state index contributed by atoms with van der Waals surface area (Å²) in [5, 5.41) is 6.41. The molecule has 0 aromatic heterocycles. The standard InChI is InChI=1S/C12H26N4O.HI/c1-7-13-12(15-10(4)9(2)3)14-8-11(17)16(5)6;/h9-10H,7-8H2,1-6H3,(H2,13,14,15);1H. The molecule has 0 radical (unpaired) electrons. The third-order valence-electron chi connectivity index (χ3n) is 2.58. The number of rotatable bonds is 5. The molecular weight excluding hydrogens is 343 g/mol. The van der Waals surface area contributed by atoms with Crippen LogP contribution in [0.25, 0.3) is 0 Å². The molecule has 1 unspecified atom stereocenters. The van der Waals surface area contributed by atoms with Crippen molar-refractivity contribution in [3.8, 4) is 0 Å². The molecule has 0 heterocycles. The van der Waals surface area contributed by atoms with Gasteiger partial charge in [-0.3, -0.25) is 4.79 Å². The normalized spacial score (nSPS) is 12.7. The van der Waals surface area contributed by atoms with Gasteiger partial charge in [0.05, 0.1) is 0 Å². The van der Waals surface area contributed by atoms with Gasteiger partial charge in [0, 0.05) is 26.7 Å². The Morgan fingerprint density at radius 1 is 1.28 bits per heavy atom. The van der Waals surface area contributed by atoms with Crippen LogP contribution in [0.5, 0.6) is 0 Å². The summed E-state index contributed by atoms with van der Waals surface area (Å²) in [6.07, 6.45) is 0. The van der Waals surface area contributed by atoms with Crippen LogP contribution in [0.1, 0.15) is 27.7 Å². The molecular formula is C12H27IN4O. The van der Waals surface area contributed by atoms with Gasteiger partial charge in [-0.25, -0.2) is 4.99 Å². The number of guanidine groups is 1. The quantitative estimate of drug-likeness (QED) is 0.436. The maximum absolute atomic E-state index is 11.4. The van der Waals surface area contributed by atoms with E-state index in [-0.39, 0.29) is 36.4 Å². The predicted molar refractivity (Wildman–Crippen MR) is 87.5 cm³/mol. The minimum absolute atomic E-state index is 0. The first-order chi connectivity index (χ1) is 7.88. The third-order valence-corrected chi connectivity index (χ3v) is 2.58. The molecule has 0 saturated heterocycles. The van der Waals surface area contributed by atoms with Crippen LogP contribution in [0.2, 0.25) is 0 Å². The first-order valence-corrected chi connectivity index (χ1v) is 6.13. The summed E-state index contributed by atoms with van der Waals surface area (Å²) in [5.74, 6) is 1.21. The van der Waals surface area contributed by atoms with Crippen molar-refractivity contribution in [3.05, 3.63) is 0 Å². The SMILES string of the molecule is CCNC(=NCC(=O)N(C)C)NC(C)C(C)C.I. The zero-order chi connectivity index (χ0) is 13.4. The van der Waals surface area contributed by atoms with Gasteiger partial charge in [0.25, 0.3) is 0 Å². The molecule has 6 heteroatoms. The second-order valence-electron chi connectivity index (χ2n) is 4.66. The Labute approximate surface area is 128 Å². The highest BCUT2D eigenvalue weighted by Gasteiger charge is 2.09. The van der Waals surface area contributed by atoms with Gasteiger partial charge in [-0.05, 0) is 19.8 Å². The van der Waals surface area contributed by atoms with E-state index in [2.05, 4.69) is 36.4 Å². The Kier molecular flexibility index (Phi) is 11.4. The molecule has 5 nitrogen and oxygen atoms in total. The van der Waals surface area contributed by atoms with Crippen molar-refractivity contribution in [1.29, 1.82) is 0 Å². The van der Waals surface area contributed by atoms with E-state index in [1.807, 2.05) is 6.92 Å². The lowest BCUT2D eigenvalue weighted by Gasteiger charge is -2.20. The average molecular weight is 370 g/mol. The minimum atomic E-state index is -0.000553. The van der Waals surface area contributed by atoms with Crippen LogP contribution < -0.4 is 10.6 Å². The molecule has 108 valence electrons. The van der Waals surface area contributed by atoms with Crippen molar-refractivity contribution >= 4 is 35.8 Å². The Balaban J connectivity index is 0. The van der Waals surface area contributed by atoms with Crippen LogP contribution in [0.15, 0.2) is 4.99 Å². The molecule has 18 heavy (non-hydrogen) atoms. The molecule has 0 aromatic carbocycles. The Bertz CT molecular complexity index is 267. The van der Waals surface area contributed by atoms with Crippen LogP contribution in [-0.2, 0) is 4.79 Å². The summed E-state index contributed by atoms with van der Waals surface area (Å²) in [6, 6.07) is 0.322. The summed E-state index contributed by atoms with van der Waals surface area (Å²) < 4.78 is 0. The largest absolute Gasteiger partial charge is 0.357 e. The summed E-state index contributed by atoms with van der Waals surface area (Å²) in [4.78, 5) is 17.2. The van der Waals surface area contributed by atoms with Crippen molar-refractivity contribution in [2.45, 2.75) is 33.7 Å². The minimum Gasteiger partial charge on any atom is -0.357 e. The van der Waals surface area contributed by atoms with E-state index in [1.165, 1.54) is 0 Å². The number of nitrogens with one attached hydrogen (secondary N) is 2. The van der Waals surface area contributed by atoms with Gasteiger partial charge < -0.3 is 15.5 Å². The van der Waals surface area contributed by atoms with Crippen LogP contribution in [0.4, 0.5) is 0 Å². The van der Waals surface area contributed by atoms with Crippen molar-refractivity contribution in [3.63, 3.8) is 0 Å². The Hall–Kier alpha value is -0.530. The maximum Gasteiger partial charge on any atom is 0.243 e. The van der Waals surface area contributed by atoms with E-state index in [9.17, 15) is 4.79 Å². The fourth-order valence-electron chi connectivity index (χ4n) is 0.990. The third kappa shape index (κ3) is 8.54. The highest BCUT2D eigenvalue weighted by molar-refractivity contribution is 14.0. The monoisotopic (exact) mass is 370 g/mol. The summed E-state index contributed by atoms with van der Waals surface area (Å²) in [5.41, 5.74) is 0. The molecule has 0 aromatic rings. The fraction of sp³-hybridized carbons (Fsp3) is 0.833. The molecule has 0 aliphatic carbocycles. The highest BCUT2D eigenvalue weighted by Crippen LogP contribution is 1.99. The van der Waals surface area contributed by atoms with Gasteiger partial charge >= 0.3 is 0 Å². The van der Waals surface area contributed by atoms with Gasteiger partial charge in [-0.2, -0.15) is 0 Å². The molecule has 0 aliphatic heterocycles. The number of carbonyl (C=O) groups is 1. The summed E-state index contributed by atoms with van der Waals surface area (Å²) in [6.45, 7) is 9.36. The number of carbonyl (C=O) groups excluding carboxylic acids is 1. The van der Waals surface area contributed by atoms with E-state index >= 15 is 0 Å². The maximum atomic E-state index is 11.4. The number of nitrogens with zero attached hydrogens (tertiary/aromatic N) is 2. The van der Waals surface area contributed by atoms with Crippen LogP contribution in [-0.4, -0.2) is 50.0 Å². The van der Waals surface area contributed by atoms with E-state index < -0.39 is 0 Å². The van der Waals surface area contributed by atoms with Gasteiger partial charge in [0.2, 0.25) is 5.91 Å². The van der Waals surface area contributed by atoms with Gasteiger partial charge in [-0.1, -0.05) is 13.8 Å². The van der Waals surface area contributed by atoms with Crippen molar-refractivity contribution in [2.75, 3.05) is 27.2 Å². The molecule has 1 atom stereocenters. The lowest BCUT2D eigenvalue weighted by atomic mass is 10.1. The Morgan fingerprint density at radius 3 is 2.22 bits per heavy atom. The topological polar surface area (TPSA) is 56.7 Å². The van der Waals surface area contributed by atoms with Crippen LogP contribution in [0, 0.1) is 5.92 Å². The Morgan fingerprint density at radius 2 is 1.83 bits per heavy atom. The number of likely N-dealkylation sites (N-methyl/N-ethyl adjacent to an activating group) is 1. The van der Waals surface area contributed by atoms with Crippen LogP contribution >= 0.6 is 24.0 Å². The van der Waals surface area contributed by atoms with E-state index in [4.69, 9.17) is 0 Å². The molecule has 0 rings (SSSR count). The van der Waals surface area contributed by atoms with Crippen molar-refractivity contribution in [2.24, 2.45) is 10.9 Å². The zero-order valence-corrected chi connectivity index (χ0v) is 14.6. The van der Waals surface area contributed by atoms with Crippen LogP contribution in [0.3, 0.4) is 0 Å². The second kappa shape index (κ2) is 10.4. The smallest absolute Gasteiger partial charge is 0.243 e. The molecule has 2 N–H and O–H groups in total. The number of amides is 1. The zero-order valence-electron chi connectivity index (χ0n) is 12.3. The molecule has 0 bridgehead atoms. The molecule has 0 spiro atoms. The molecule has 0 saturated carbocycles. The fourth-order valence-corrected chi connectivity index (χ4v) is 0.990. The lowest BCUT2D eigenvalue weighted by molar-refractivity contribution is -0.127. The second-order valence-corrected chi connectivity index (χ2v) is 4.66. The number of halogens is 1. The van der Waals surface area contributed by atoms with Gasteiger partial charge in [0.1, 0.15) is 6.54 Å². The van der Waals surface area contributed by atoms with E-state index in [0.717, 1.165) is 6.54 Å². The molecule has 0 aliphatic rings. The average Bonchev–Trinajstić information content (AvgIpc) is 2.25. The first kappa shape index (κ1) is 19.8. The van der Waals surface area contributed by atoms with E-state index in [1.54, 1.807) is 19.0 Å². The molecule has 0 fully saturated rings. The van der Waals surface area contributed by atoms with E-state index in [0.29, 0.717) is 17.9 Å². The van der Waals surface area contributed by atoms with Crippen molar-refractivity contribution in [1.82, 2.24) is 15.5 Å². The van der Waals surface area contributed by atoms with Gasteiger partial charge in [-0.15, -0.1) is 24.0 Å². The summed E-state index contributed by atoms with van der Waals surface area (Å²) in [7, 11) is 3.46.